The van der Waals surface area contributed by atoms with Crippen LogP contribution in [0.5, 0.6) is 0 Å². The van der Waals surface area contributed by atoms with E-state index in [0.29, 0.717) is 16.3 Å². The van der Waals surface area contributed by atoms with E-state index in [-0.39, 0.29) is 11.5 Å². The molecule has 0 atom stereocenters. The van der Waals surface area contributed by atoms with Gasteiger partial charge in [0.25, 0.3) is 0 Å². The van der Waals surface area contributed by atoms with Crippen molar-refractivity contribution in [3.05, 3.63) is 40.2 Å². The Morgan fingerprint density at radius 3 is 2.89 bits per heavy atom. The summed E-state index contributed by atoms with van der Waals surface area (Å²) in [6.45, 7) is 1.93. The van der Waals surface area contributed by atoms with E-state index in [1.54, 1.807) is 12.1 Å². The summed E-state index contributed by atoms with van der Waals surface area (Å²) in [5, 5.41) is 9.45. The molecule has 6 heteroatoms. The molecule has 1 N–H and O–H groups in total. The third kappa shape index (κ3) is 2.80. The predicted molar refractivity (Wildman–Crippen MR) is 69.9 cm³/mol. The zero-order valence-corrected chi connectivity index (χ0v) is 11.3. The highest BCUT2D eigenvalue weighted by Crippen LogP contribution is 2.31. The van der Waals surface area contributed by atoms with E-state index in [4.69, 9.17) is 9.84 Å². The van der Waals surface area contributed by atoms with Crippen molar-refractivity contribution in [1.29, 1.82) is 0 Å². The Hall–Kier alpha value is -1.79. The average Bonchev–Trinajstić information content (AvgIpc) is 2.77. The van der Waals surface area contributed by atoms with Gasteiger partial charge in [-0.3, -0.25) is 0 Å². The zero-order chi connectivity index (χ0) is 14.0. The number of aromatic carboxylic acids is 1. The molecular formula is C13H12FNO3S. The first-order valence-corrected chi connectivity index (χ1v) is 6.33. The number of hydrogen-bond acceptors (Lipinski definition) is 4. The summed E-state index contributed by atoms with van der Waals surface area (Å²) in [5.74, 6) is -1.50. The number of thiazole rings is 1. The molecule has 1 aromatic carbocycles. The van der Waals surface area contributed by atoms with Gasteiger partial charge in [0.05, 0.1) is 12.3 Å². The van der Waals surface area contributed by atoms with E-state index in [2.05, 4.69) is 4.98 Å². The number of nitrogens with zero attached hydrogens (tertiary/aromatic N) is 1. The summed E-state index contributed by atoms with van der Waals surface area (Å²) >= 11 is 0.953. The van der Waals surface area contributed by atoms with E-state index in [1.165, 1.54) is 13.2 Å². The molecule has 1 heterocycles. The minimum Gasteiger partial charge on any atom is -0.477 e. The first-order valence-electron chi connectivity index (χ1n) is 5.51. The van der Waals surface area contributed by atoms with Crippen LogP contribution < -0.4 is 0 Å². The van der Waals surface area contributed by atoms with Gasteiger partial charge in [-0.05, 0) is 19.1 Å². The second-order valence-corrected chi connectivity index (χ2v) is 5.02. The van der Waals surface area contributed by atoms with Gasteiger partial charge in [0.1, 0.15) is 15.7 Å². The Kier molecular flexibility index (Phi) is 3.92. The molecule has 0 aliphatic heterocycles. The van der Waals surface area contributed by atoms with Gasteiger partial charge in [-0.25, -0.2) is 14.2 Å². The maximum absolute atomic E-state index is 13.8. The summed E-state index contributed by atoms with van der Waals surface area (Å²) in [6, 6.07) is 4.65. The molecule has 2 rings (SSSR count). The topological polar surface area (TPSA) is 59.4 Å². The number of benzene rings is 1. The normalized spacial score (nSPS) is 10.7. The van der Waals surface area contributed by atoms with Crippen LogP contribution in [0.1, 0.15) is 20.9 Å². The van der Waals surface area contributed by atoms with Gasteiger partial charge in [-0.2, -0.15) is 0 Å². The largest absolute Gasteiger partial charge is 0.477 e. The van der Waals surface area contributed by atoms with Crippen LogP contribution in [-0.4, -0.2) is 23.2 Å². The second kappa shape index (κ2) is 5.46. The molecule has 4 nitrogen and oxygen atoms in total. The van der Waals surface area contributed by atoms with E-state index in [1.807, 2.05) is 6.92 Å². The maximum atomic E-state index is 13.8. The molecule has 0 aliphatic carbocycles. The second-order valence-electron chi connectivity index (χ2n) is 4.02. The summed E-state index contributed by atoms with van der Waals surface area (Å²) in [4.78, 5) is 15.4. The first-order chi connectivity index (χ1) is 9.02. The maximum Gasteiger partial charge on any atom is 0.347 e. The third-order valence-corrected chi connectivity index (χ3v) is 3.64. The highest BCUT2D eigenvalue weighted by atomic mass is 32.1. The lowest BCUT2D eigenvalue weighted by Crippen LogP contribution is -1.99. The van der Waals surface area contributed by atoms with Crippen molar-refractivity contribution in [2.75, 3.05) is 7.11 Å². The van der Waals surface area contributed by atoms with Crippen LogP contribution in [0.2, 0.25) is 0 Å². The predicted octanol–water partition coefficient (Wildman–Crippen LogP) is 3.10. The number of methoxy groups -OCH3 is 1. The molecule has 2 aromatic rings. The van der Waals surface area contributed by atoms with E-state index < -0.39 is 11.8 Å². The van der Waals surface area contributed by atoms with Crippen LogP contribution in [-0.2, 0) is 11.3 Å². The van der Waals surface area contributed by atoms with Crippen molar-refractivity contribution in [3.63, 3.8) is 0 Å². The minimum absolute atomic E-state index is 0.0813. The number of carbonyl (C=O) groups is 1. The van der Waals surface area contributed by atoms with Crippen molar-refractivity contribution < 1.29 is 19.0 Å². The third-order valence-electron chi connectivity index (χ3n) is 2.52. The molecule has 0 amide bonds. The van der Waals surface area contributed by atoms with Gasteiger partial charge >= 0.3 is 5.97 Å². The fraction of sp³-hybridized carbons (Fsp3) is 0.231. The molecule has 0 saturated carbocycles. The Morgan fingerprint density at radius 2 is 2.26 bits per heavy atom. The van der Waals surface area contributed by atoms with Crippen LogP contribution in [0.15, 0.2) is 18.2 Å². The number of hydrogen-bond donors (Lipinski definition) is 1. The van der Waals surface area contributed by atoms with Gasteiger partial charge in [0.15, 0.2) is 0 Å². The van der Waals surface area contributed by atoms with Crippen LogP contribution >= 0.6 is 11.3 Å². The molecule has 19 heavy (non-hydrogen) atoms. The highest BCUT2D eigenvalue weighted by Gasteiger charge is 2.19. The molecule has 0 radical (unpaired) electrons. The SMILES string of the molecule is COCc1nc(-c2cc(C)ccc2F)sc1C(=O)O. The van der Waals surface area contributed by atoms with Gasteiger partial charge in [-0.15, -0.1) is 11.3 Å². The summed E-state index contributed by atoms with van der Waals surface area (Å²) in [5.41, 5.74) is 1.52. The van der Waals surface area contributed by atoms with Crippen LogP contribution in [0, 0.1) is 12.7 Å². The van der Waals surface area contributed by atoms with Gasteiger partial charge in [0, 0.05) is 12.7 Å². The fourth-order valence-electron chi connectivity index (χ4n) is 1.67. The molecule has 0 spiro atoms. The number of carboxylic acids is 1. The zero-order valence-electron chi connectivity index (χ0n) is 10.4. The molecule has 1 aromatic heterocycles. The fourth-order valence-corrected chi connectivity index (χ4v) is 2.60. The molecule has 0 unspecified atom stereocenters. The lowest BCUT2D eigenvalue weighted by atomic mass is 10.1. The number of ether oxygens (including phenoxy) is 1. The Morgan fingerprint density at radius 1 is 1.53 bits per heavy atom. The number of aryl methyl sites for hydroxylation is 1. The molecule has 0 fully saturated rings. The summed E-state index contributed by atoms with van der Waals surface area (Å²) < 4.78 is 18.7. The summed E-state index contributed by atoms with van der Waals surface area (Å²) in [7, 11) is 1.46. The monoisotopic (exact) mass is 281 g/mol. The number of rotatable bonds is 4. The van der Waals surface area contributed by atoms with Crippen LogP contribution in [0.25, 0.3) is 10.6 Å². The lowest BCUT2D eigenvalue weighted by molar-refractivity contribution is 0.0697. The molecule has 0 saturated heterocycles. The molecule has 0 aliphatic rings. The number of halogens is 1. The van der Waals surface area contributed by atoms with Crippen molar-refractivity contribution in [2.24, 2.45) is 0 Å². The molecule has 0 bridgehead atoms. The highest BCUT2D eigenvalue weighted by molar-refractivity contribution is 7.17. The minimum atomic E-state index is -1.08. The molecular weight excluding hydrogens is 269 g/mol. The summed E-state index contributed by atoms with van der Waals surface area (Å²) in [6.07, 6.45) is 0. The molecule has 100 valence electrons. The lowest BCUT2D eigenvalue weighted by Gasteiger charge is -2.00. The van der Waals surface area contributed by atoms with Gasteiger partial charge < -0.3 is 9.84 Å². The van der Waals surface area contributed by atoms with E-state index in [9.17, 15) is 9.18 Å². The first kappa shape index (κ1) is 13.6. The quantitative estimate of drug-likeness (QED) is 0.935. The Balaban J connectivity index is 2.53. The van der Waals surface area contributed by atoms with Gasteiger partial charge in [0.2, 0.25) is 0 Å². The Bertz CT molecular complexity index is 624. The van der Waals surface area contributed by atoms with Crippen molar-refractivity contribution >= 4 is 17.3 Å². The van der Waals surface area contributed by atoms with E-state index >= 15 is 0 Å². The van der Waals surface area contributed by atoms with E-state index in [0.717, 1.165) is 16.9 Å². The van der Waals surface area contributed by atoms with Gasteiger partial charge in [-0.1, -0.05) is 11.6 Å². The van der Waals surface area contributed by atoms with Crippen molar-refractivity contribution in [1.82, 2.24) is 4.98 Å². The smallest absolute Gasteiger partial charge is 0.347 e. The number of carboxylic acid groups (broad SMARTS) is 1. The Labute approximate surface area is 113 Å². The average molecular weight is 281 g/mol. The van der Waals surface area contributed by atoms with Crippen molar-refractivity contribution in [3.8, 4) is 10.6 Å². The van der Waals surface area contributed by atoms with Crippen LogP contribution in [0.3, 0.4) is 0 Å². The standard InChI is InChI=1S/C13H12FNO3S/c1-7-3-4-9(14)8(5-7)12-15-10(6-18-2)11(19-12)13(16)17/h3-5H,6H2,1-2H3,(H,16,17). The van der Waals surface area contributed by atoms with Crippen LogP contribution in [0.4, 0.5) is 4.39 Å². The van der Waals surface area contributed by atoms with Crippen molar-refractivity contribution in [2.45, 2.75) is 13.5 Å². The number of aromatic nitrogens is 1.